The second-order valence-corrected chi connectivity index (χ2v) is 5.84. The van der Waals surface area contributed by atoms with Gasteiger partial charge in [0.05, 0.1) is 18.1 Å². The molecule has 0 bridgehead atoms. The van der Waals surface area contributed by atoms with E-state index in [1.165, 1.54) is 0 Å². The standard InChI is InChI=1S/C17H21N5O/c1-22-9-7-14(8-10-22)20-17(23)21-15-11-18-16(19-12-15)13-5-3-2-4-6-13/h2-6,11-12,14H,7-10H2,1H3,(H2,20,21,23). The molecule has 0 atom stereocenters. The monoisotopic (exact) mass is 311 g/mol. The topological polar surface area (TPSA) is 70.2 Å². The minimum Gasteiger partial charge on any atom is -0.335 e. The van der Waals surface area contributed by atoms with Crippen molar-refractivity contribution < 1.29 is 4.79 Å². The van der Waals surface area contributed by atoms with E-state index in [2.05, 4.69) is 32.5 Å². The summed E-state index contributed by atoms with van der Waals surface area (Å²) in [4.78, 5) is 22.9. The maximum absolute atomic E-state index is 12.0. The van der Waals surface area contributed by atoms with Gasteiger partial charge in [-0.1, -0.05) is 30.3 Å². The Morgan fingerprint density at radius 2 is 1.78 bits per heavy atom. The Labute approximate surface area is 135 Å². The maximum Gasteiger partial charge on any atom is 0.319 e. The lowest BCUT2D eigenvalue weighted by molar-refractivity contribution is 0.221. The summed E-state index contributed by atoms with van der Waals surface area (Å²) < 4.78 is 0. The number of nitrogens with zero attached hydrogens (tertiary/aromatic N) is 3. The summed E-state index contributed by atoms with van der Waals surface area (Å²) in [6.45, 7) is 2.03. The molecule has 6 heteroatoms. The Kier molecular flexibility index (Phi) is 4.83. The first kappa shape index (κ1) is 15.4. The zero-order chi connectivity index (χ0) is 16.1. The Hall–Kier alpha value is -2.47. The van der Waals surface area contributed by atoms with E-state index in [0.717, 1.165) is 31.5 Å². The Morgan fingerprint density at radius 1 is 1.13 bits per heavy atom. The van der Waals surface area contributed by atoms with Crippen LogP contribution in [0.15, 0.2) is 42.7 Å². The summed E-state index contributed by atoms with van der Waals surface area (Å²) in [5, 5.41) is 5.79. The molecule has 1 saturated heterocycles. The number of amides is 2. The van der Waals surface area contributed by atoms with Gasteiger partial charge >= 0.3 is 6.03 Å². The first-order chi connectivity index (χ1) is 11.2. The number of nitrogens with one attached hydrogen (secondary N) is 2. The molecule has 0 spiro atoms. The van der Waals surface area contributed by atoms with Crippen molar-refractivity contribution in [2.24, 2.45) is 0 Å². The number of likely N-dealkylation sites (tertiary alicyclic amines) is 1. The quantitative estimate of drug-likeness (QED) is 0.913. The number of aromatic nitrogens is 2. The van der Waals surface area contributed by atoms with E-state index in [1.54, 1.807) is 12.4 Å². The molecule has 0 saturated carbocycles. The molecule has 23 heavy (non-hydrogen) atoms. The van der Waals surface area contributed by atoms with Crippen molar-refractivity contribution in [1.82, 2.24) is 20.2 Å². The van der Waals surface area contributed by atoms with Crippen LogP contribution in [0, 0.1) is 0 Å². The number of hydrogen-bond donors (Lipinski definition) is 2. The van der Waals surface area contributed by atoms with E-state index in [1.807, 2.05) is 30.3 Å². The summed E-state index contributed by atoms with van der Waals surface area (Å²) in [5.41, 5.74) is 1.55. The van der Waals surface area contributed by atoms with Crippen molar-refractivity contribution in [3.05, 3.63) is 42.7 Å². The third-order valence-corrected chi connectivity index (χ3v) is 4.00. The van der Waals surface area contributed by atoms with E-state index < -0.39 is 0 Å². The molecule has 1 aliphatic rings. The summed E-state index contributed by atoms with van der Waals surface area (Å²) in [5.74, 6) is 0.645. The number of urea groups is 1. The number of carbonyl (C=O) groups is 1. The maximum atomic E-state index is 12.0. The van der Waals surface area contributed by atoms with Gasteiger partial charge in [0.15, 0.2) is 5.82 Å². The number of hydrogen-bond acceptors (Lipinski definition) is 4. The van der Waals surface area contributed by atoms with Crippen LogP contribution in [0.3, 0.4) is 0 Å². The van der Waals surface area contributed by atoms with Crippen LogP contribution >= 0.6 is 0 Å². The Bertz CT molecular complexity index is 636. The minimum absolute atomic E-state index is 0.199. The molecule has 2 amide bonds. The number of carbonyl (C=O) groups excluding carboxylic acids is 1. The largest absolute Gasteiger partial charge is 0.335 e. The van der Waals surface area contributed by atoms with Gasteiger partial charge in [-0.3, -0.25) is 0 Å². The van der Waals surface area contributed by atoms with Gasteiger partial charge in [-0.2, -0.15) is 0 Å². The fraction of sp³-hybridized carbons (Fsp3) is 0.353. The summed E-state index contributed by atoms with van der Waals surface area (Å²) in [6.07, 6.45) is 5.22. The van der Waals surface area contributed by atoms with Crippen molar-refractivity contribution in [3.8, 4) is 11.4 Å². The zero-order valence-corrected chi connectivity index (χ0v) is 13.2. The average molecular weight is 311 g/mol. The molecule has 1 fully saturated rings. The van der Waals surface area contributed by atoms with Gasteiger partial charge in [0.2, 0.25) is 0 Å². The van der Waals surface area contributed by atoms with E-state index >= 15 is 0 Å². The molecule has 1 aromatic carbocycles. The summed E-state index contributed by atoms with van der Waals surface area (Å²) in [6, 6.07) is 9.78. The minimum atomic E-state index is -0.199. The normalized spacial score (nSPS) is 16.0. The molecule has 1 aliphatic heterocycles. The van der Waals surface area contributed by atoms with Gasteiger partial charge in [0, 0.05) is 11.6 Å². The number of benzene rings is 1. The van der Waals surface area contributed by atoms with Crippen molar-refractivity contribution in [2.75, 3.05) is 25.5 Å². The smallest absolute Gasteiger partial charge is 0.319 e. The van der Waals surface area contributed by atoms with Crippen LogP contribution in [0.25, 0.3) is 11.4 Å². The Morgan fingerprint density at radius 3 is 2.43 bits per heavy atom. The van der Waals surface area contributed by atoms with Crippen LogP contribution in [0.1, 0.15) is 12.8 Å². The van der Waals surface area contributed by atoms with Gasteiger partial charge < -0.3 is 15.5 Å². The van der Waals surface area contributed by atoms with E-state index in [-0.39, 0.29) is 12.1 Å². The molecular formula is C17H21N5O. The Balaban J connectivity index is 1.55. The van der Waals surface area contributed by atoms with Gasteiger partial charge in [-0.05, 0) is 33.0 Å². The van der Waals surface area contributed by atoms with Crippen LogP contribution in [0.5, 0.6) is 0 Å². The number of piperidine rings is 1. The third-order valence-electron chi connectivity index (χ3n) is 4.00. The van der Waals surface area contributed by atoms with Crippen molar-refractivity contribution in [1.29, 1.82) is 0 Å². The van der Waals surface area contributed by atoms with E-state index in [9.17, 15) is 4.79 Å². The molecule has 0 unspecified atom stereocenters. The third kappa shape index (κ3) is 4.26. The highest BCUT2D eigenvalue weighted by Gasteiger charge is 2.18. The van der Waals surface area contributed by atoms with Gasteiger partial charge in [0.25, 0.3) is 0 Å². The van der Waals surface area contributed by atoms with E-state index in [4.69, 9.17) is 0 Å². The molecule has 6 nitrogen and oxygen atoms in total. The second kappa shape index (κ2) is 7.19. The molecule has 0 aliphatic carbocycles. The lowest BCUT2D eigenvalue weighted by Gasteiger charge is -2.29. The van der Waals surface area contributed by atoms with Crippen molar-refractivity contribution >= 4 is 11.7 Å². The van der Waals surface area contributed by atoms with Gasteiger partial charge in [-0.25, -0.2) is 14.8 Å². The van der Waals surface area contributed by atoms with Crippen LogP contribution in [-0.4, -0.2) is 47.1 Å². The predicted molar refractivity (Wildman–Crippen MR) is 90.1 cm³/mol. The summed E-state index contributed by atoms with van der Waals surface area (Å²) in [7, 11) is 2.10. The molecule has 2 aromatic rings. The first-order valence-electron chi connectivity index (χ1n) is 7.84. The molecule has 120 valence electrons. The first-order valence-corrected chi connectivity index (χ1v) is 7.84. The summed E-state index contributed by atoms with van der Waals surface area (Å²) >= 11 is 0. The van der Waals surface area contributed by atoms with E-state index in [0.29, 0.717) is 11.5 Å². The lowest BCUT2D eigenvalue weighted by atomic mass is 10.1. The number of anilines is 1. The van der Waals surface area contributed by atoms with Crippen LogP contribution in [0.4, 0.5) is 10.5 Å². The average Bonchev–Trinajstić information content (AvgIpc) is 2.58. The van der Waals surface area contributed by atoms with Crippen LogP contribution < -0.4 is 10.6 Å². The lowest BCUT2D eigenvalue weighted by Crippen LogP contribution is -2.44. The second-order valence-electron chi connectivity index (χ2n) is 5.84. The van der Waals surface area contributed by atoms with Crippen LogP contribution in [0.2, 0.25) is 0 Å². The highest BCUT2D eigenvalue weighted by molar-refractivity contribution is 5.89. The van der Waals surface area contributed by atoms with Crippen molar-refractivity contribution in [2.45, 2.75) is 18.9 Å². The SMILES string of the molecule is CN1CCC(NC(=O)Nc2cnc(-c3ccccc3)nc2)CC1. The molecular weight excluding hydrogens is 290 g/mol. The highest BCUT2D eigenvalue weighted by atomic mass is 16.2. The molecule has 2 N–H and O–H groups in total. The van der Waals surface area contributed by atoms with Gasteiger partial charge in [0.1, 0.15) is 0 Å². The molecule has 1 aromatic heterocycles. The molecule has 0 radical (unpaired) electrons. The molecule has 2 heterocycles. The van der Waals surface area contributed by atoms with Gasteiger partial charge in [-0.15, -0.1) is 0 Å². The number of rotatable bonds is 3. The highest BCUT2D eigenvalue weighted by Crippen LogP contribution is 2.15. The fourth-order valence-corrected chi connectivity index (χ4v) is 2.63. The fourth-order valence-electron chi connectivity index (χ4n) is 2.63. The zero-order valence-electron chi connectivity index (χ0n) is 13.2. The van der Waals surface area contributed by atoms with Crippen LogP contribution in [-0.2, 0) is 0 Å². The predicted octanol–water partition coefficient (Wildman–Crippen LogP) is 2.36. The molecule has 3 rings (SSSR count). The van der Waals surface area contributed by atoms with Crippen molar-refractivity contribution in [3.63, 3.8) is 0 Å².